The average molecular weight is 220 g/mol. The standard InChI is InChI=1S/C12H16N2O2/c1-9-7-13-4-5-14(9)11-2-3-12-10(6-11)8-15-16-12/h2-3,6,9,13H,4-5,7-8H2,1H3. The van der Waals surface area contributed by atoms with Crippen molar-refractivity contribution >= 4 is 5.69 Å². The van der Waals surface area contributed by atoms with Gasteiger partial charge < -0.3 is 15.1 Å². The predicted octanol–water partition coefficient (Wildman–Crippen LogP) is 1.31. The van der Waals surface area contributed by atoms with Crippen molar-refractivity contribution in [2.45, 2.75) is 19.6 Å². The number of anilines is 1. The van der Waals surface area contributed by atoms with Crippen molar-refractivity contribution in [1.29, 1.82) is 0 Å². The maximum atomic E-state index is 5.04. The molecule has 1 N–H and O–H groups in total. The normalized spacial score (nSPS) is 24.1. The Bertz CT molecular complexity index is 395. The first-order valence-electron chi connectivity index (χ1n) is 5.74. The van der Waals surface area contributed by atoms with Gasteiger partial charge in [-0.05, 0) is 25.1 Å². The van der Waals surface area contributed by atoms with Gasteiger partial charge in [-0.3, -0.25) is 0 Å². The topological polar surface area (TPSA) is 33.7 Å². The molecule has 0 saturated carbocycles. The minimum absolute atomic E-state index is 0.537. The Hall–Kier alpha value is -1.26. The molecular formula is C12H16N2O2. The third-order valence-electron chi connectivity index (χ3n) is 3.24. The molecular weight excluding hydrogens is 204 g/mol. The summed E-state index contributed by atoms with van der Waals surface area (Å²) in [5.41, 5.74) is 2.41. The van der Waals surface area contributed by atoms with E-state index in [4.69, 9.17) is 9.78 Å². The maximum absolute atomic E-state index is 5.04. The summed E-state index contributed by atoms with van der Waals surface area (Å²) in [7, 11) is 0. The van der Waals surface area contributed by atoms with E-state index < -0.39 is 0 Å². The van der Waals surface area contributed by atoms with Gasteiger partial charge in [0.1, 0.15) is 6.61 Å². The predicted molar refractivity (Wildman–Crippen MR) is 61.5 cm³/mol. The van der Waals surface area contributed by atoms with Gasteiger partial charge in [-0.15, -0.1) is 0 Å². The van der Waals surface area contributed by atoms with Crippen LogP contribution in [-0.4, -0.2) is 25.7 Å². The monoisotopic (exact) mass is 220 g/mol. The molecule has 4 heteroatoms. The first-order chi connectivity index (χ1) is 7.84. The van der Waals surface area contributed by atoms with E-state index in [1.54, 1.807) is 0 Å². The Morgan fingerprint density at radius 2 is 2.38 bits per heavy atom. The molecule has 0 amide bonds. The second-order valence-electron chi connectivity index (χ2n) is 4.38. The lowest BCUT2D eigenvalue weighted by Crippen LogP contribution is -2.49. The molecule has 2 aliphatic heterocycles. The zero-order chi connectivity index (χ0) is 11.0. The van der Waals surface area contributed by atoms with Gasteiger partial charge in [-0.2, -0.15) is 4.89 Å². The molecule has 0 aliphatic carbocycles. The van der Waals surface area contributed by atoms with Crippen LogP contribution in [0.15, 0.2) is 18.2 Å². The number of rotatable bonds is 1. The van der Waals surface area contributed by atoms with E-state index in [2.05, 4.69) is 29.3 Å². The number of hydrogen-bond acceptors (Lipinski definition) is 4. The van der Waals surface area contributed by atoms with Crippen LogP contribution in [0.2, 0.25) is 0 Å². The Labute approximate surface area is 95.1 Å². The molecule has 2 aliphatic rings. The van der Waals surface area contributed by atoms with Crippen LogP contribution in [0.1, 0.15) is 12.5 Å². The lowest BCUT2D eigenvalue weighted by atomic mass is 10.1. The lowest BCUT2D eigenvalue weighted by Gasteiger charge is -2.36. The molecule has 86 valence electrons. The van der Waals surface area contributed by atoms with Crippen LogP contribution < -0.4 is 15.1 Å². The second-order valence-corrected chi connectivity index (χ2v) is 4.38. The molecule has 4 nitrogen and oxygen atoms in total. The molecule has 1 atom stereocenters. The number of piperazine rings is 1. The second kappa shape index (κ2) is 3.96. The highest BCUT2D eigenvalue weighted by atomic mass is 17.2. The van der Waals surface area contributed by atoms with E-state index in [-0.39, 0.29) is 0 Å². The third kappa shape index (κ3) is 1.64. The molecule has 1 aromatic rings. The van der Waals surface area contributed by atoms with Crippen LogP contribution >= 0.6 is 0 Å². The minimum Gasteiger partial charge on any atom is -0.366 e. The number of hydrogen-bond donors (Lipinski definition) is 1. The Morgan fingerprint density at radius 1 is 1.44 bits per heavy atom. The van der Waals surface area contributed by atoms with Gasteiger partial charge in [-0.25, -0.2) is 0 Å². The first kappa shape index (κ1) is 9.93. The van der Waals surface area contributed by atoms with Crippen LogP contribution in [0.5, 0.6) is 5.75 Å². The van der Waals surface area contributed by atoms with Crippen molar-refractivity contribution in [3.8, 4) is 5.75 Å². The highest BCUT2D eigenvalue weighted by Crippen LogP contribution is 2.31. The van der Waals surface area contributed by atoms with Gasteiger partial charge >= 0.3 is 0 Å². The molecule has 1 unspecified atom stereocenters. The summed E-state index contributed by atoms with van der Waals surface area (Å²) in [4.78, 5) is 12.4. The maximum Gasteiger partial charge on any atom is 0.171 e. The van der Waals surface area contributed by atoms with Crippen molar-refractivity contribution < 1.29 is 9.78 Å². The van der Waals surface area contributed by atoms with Crippen molar-refractivity contribution in [2.24, 2.45) is 0 Å². The summed E-state index contributed by atoms with van der Waals surface area (Å²) in [6.45, 7) is 5.95. The van der Waals surface area contributed by atoms with Gasteiger partial charge in [0, 0.05) is 36.9 Å². The Morgan fingerprint density at radius 3 is 3.25 bits per heavy atom. The molecule has 0 bridgehead atoms. The summed E-state index contributed by atoms with van der Waals surface area (Å²) >= 11 is 0. The van der Waals surface area contributed by atoms with Gasteiger partial charge in [0.15, 0.2) is 5.75 Å². The smallest absolute Gasteiger partial charge is 0.171 e. The molecule has 1 aromatic carbocycles. The molecule has 16 heavy (non-hydrogen) atoms. The summed E-state index contributed by atoms with van der Waals surface area (Å²) in [5.74, 6) is 0.853. The molecule has 0 radical (unpaired) electrons. The van der Waals surface area contributed by atoms with Crippen LogP contribution in [0.3, 0.4) is 0 Å². The zero-order valence-electron chi connectivity index (χ0n) is 9.40. The zero-order valence-corrected chi connectivity index (χ0v) is 9.40. The number of fused-ring (bicyclic) bond motifs is 1. The Balaban J connectivity index is 1.88. The Kier molecular flexibility index (Phi) is 2.46. The van der Waals surface area contributed by atoms with Crippen molar-refractivity contribution in [2.75, 3.05) is 24.5 Å². The number of nitrogens with one attached hydrogen (secondary N) is 1. The summed E-state index contributed by atoms with van der Waals surface area (Å²) in [5, 5.41) is 3.40. The van der Waals surface area contributed by atoms with E-state index in [9.17, 15) is 0 Å². The summed E-state index contributed by atoms with van der Waals surface area (Å²) in [6.07, 6.45) is 0. The van der Waals surface area contributed by atoms with Gasteiger partial charge in [-0.1, -0.05) is 0 Å². The van der Waals surface area contributed by atoms with Crippen molar-refractivity contribution in [3.05, 3.63) is 23.8 Å². The molecule has 2 heterocycles. The summed E-state index contributed by atoms with van der Waals surface area (Å²) in [6, 6.07) is 6.81. The largest absolute Gasteiger partial charge is 0.366 e. The highest BCUT2D eigenvalue weighted by Gasteiger charge is 2.21. The molecule has 0 aromatic heterocycles. The number of nitrogens with zero attached hydrogens (tertiary/aromatic N) is 1. The first-order valence-corrected chi connectivity index (χ1v) is 5.74. The quantitative estimate of drug-likeness (QED) is 0.723. The molecule has 1 saturated heterocycles. The van der Waals surface area contributed by atoms with E-state index in [0.29, 0.717) is 12.6 Å². The van der Waals surface area contributed by atoms with Crippen molar-refractivity contribution in [3.63, 3.8) is 0 Å². The van der Waals surface area contributed by atoms with E-state index in [1.807, 2.05) is 6.07 Å². The van der Waals surface area contributed by atoms with Gasteiger partial charge in [0.05, 0.1) is 0 Å². The lowest BCUT2D eigenvalue weighted by molar-refractivity contribution is -0.194. The summed E-state index contributed by atoms with van der Waals surface area (Å²) < 4.78 is 0. The third-order valence-corrected chi connectivity index (χ3v) is 3.24. The van der Waals surface area contributed by atoms with E-state index in [0.717, 1.165) is 30.9 Å². The molecule has 0 spiro atoms. The van der Waals surface area contributed by atoms with Crippen LogP contribution in [0.25, 0.3) is 0 Å². The number of benzene rings is 1. The molecule has 1 fully saturated rings. The molecule has 3 rings (SSSR count). The van der Waals surface area contributed by atoms with Crippen LogP contribution in [-0.2, 0) is 11.5 Å². The minimum atomic E-state index is 0.537. The van der Waals surface area contributed by atoms with E-state index >= 15 is 0 Å². The van der Waals surface area contributed by atoms with Gasteiger partial charge in [0.25, 0.3) is 0 Å². The fourth-order valence-electron chi connectivity index (χ4n) is 2.32. The van der Waals surface area contributed by atoms with Crippen LogP contribution in [0.4, 0.5) is 5.69 Å². The average Bonchev–Trinajstić information content (AvgIpc) is 2.76. The highest BCUT2D eigenvalue weighted by molar-refractivity contribution is 5.54. The fraction of sp³-hybridized carbons (Fsp3) is 0.500. The van der Waals surface area contributed by atoms with Crippen LogP contribution in [0, 0.1) is 0 Å². The fourth-order valence-corrected chi connectivity index (χ4v) is 2.32. The van der Waals surface area contributed by atoms with Crippen molar-refractivity contribution in [1.82, 2.24) is 5.32 Å². The SMILES string of the molecule is CC1CNCCN1c1ccc2c(c1)COO2. The van der Waals surface area contributed by atoms with Gasteiger partial charge in [0.2, 0.25) is 0 Å². The van der Waals surface area contributed by atoms with E-state index in [1.165, 1.54) is 5.69 Å².